The average Bonchev–Trinajstić information content (AvgIpc) is 2.29. The van der Waals surface area contributed by atoms with Gasteiger partial charge in [-0.15, -0.1) is 0 Å². The number of anilines is 2. The van der Waals surface area contributed by atoms with Crippen molar-refractivity contribution in [1.82, 2.24) is 5.32 Å². The Bertz CT molecular complexity index is 438. The molecule has 0 aliphatic carbocycles. The fraction of sp³-hybridized carbons (Fsp3) is 0.417. The van der Waals surface area contributed by atoms with E-state index in [0.29, 0.717) is 12.2 Å². The summed E-state index contributed by atoms with van der Waals surface area (Å²) in [6.07, 6.45) is 0. The summed E-state index contributed by atoms with van der Waals surface area (Å²) in [5.41, 5.74) is 6.55. The number of nitrogen functional groups attached to an aromatic ring is 1. The van der Waals surface area contributed by atoms with E-state index in [1.807, 2.05) is 6.92 Å². The van der Waals surface area contributed by atoms with Crippen molar-refractivity contribution in [3.8, 4) is 5.75 Å². The number of nitrogens with one attached hydrogen (secondary N) is 1. The summed E-state index contributed by atoms with van der Waals surface area (Å²) in [5.74, 6) is -0.546. The van der Waals surface area contributed by atoms with E-state index >= 15 is 0 Å². The van der Waals surface area contributed by atoms with Gasteiger partial charge in [0.25, 0.3) is 0 Å². The third-order valence-corrected chi connectivity index (χ3v) is 2.47. The molecule has 1 aromatic rings. The molecule has 0 bridgehead atoms. The number of rotatable bonds is 5. The molecule has 0 fully saturated rings. The Kier molecular flexibility index (Phi) is 4.76. The molecule has 0 saturated carbocycles. The fourth-order valence-electron chi connectivity index (χ4n) is 1.60. The first-order valence-electron chi connectivity index (χ1n) is 5.60. The average molecular weight is 255 g/mol. The van der Waals surface area contributed by atoms with Crippen LogP contribution in [0.3, 0.4) is 0 Å². The zero-order valence-corrected chi connectivity index (χ0v) is 10.8. The second kappa shape index (κ2) is 6.09. The van der Waals surface area contributed by atoms with Crippen molar-refractivity contribution in [2.24, 2.45) is 0 Å². The molecule has 0 unspecified atom stereocenters. The third kappa shape index (κ3) is 3.26. The van der Waals surface area contributed by atoms with Gasteiger partial charge in [0.1, 0.15) is 0 Å². The summed E-state index contributed by atoms with van der Waals surface area (Å²) in [5, 5.41) is 2.68. The van der Waals surface area contributed by atoms with Crippen LogP contribution in [0, 0.1) is 5.82 Å². The van der Waals surface area contributed by atoms with Crippen molar-refractivity contribution >= 4 is 17.3 Å². The number of hydrogen-bond acceptors (Lipinski definition) is 4. The summed E-state index contributed by atoms with van der Waals surface area (Å²) < 4.78 is 18.3. The molecule has 0 aliphatic heterocycles. The SMILES string of the molecule is CCNC(=O)CN(C)c1cc(OC)c(F)cc1N. The standard InChI is InChI=1S/C12H18FN3O2/c1-4-15-12(17)7-16(2)10-6-11(18-3)8(13)5-9(10)14/h5-6H,4,7,14H2,1-3H3,(H,15,17). The van der Waals surface area contributed by atoms with Crippen molar-refractivity contribution in [3.63, 3.8) is 0 Å². The van der Waals surface area contributed by atoms with Gasteiger partial charge in [0, 0.05) is 25.7 Å². The summed E-state index contributed by atoms with van der Waals surface area (Å²) in [4.78, 5) is 13.1. The number of amides is 1. The predicted molar refractivity (Wildman–Crippen MR) is 69.3 cm³/mol. The topological polar surface area (TPSA) is 67.6 Å². The second-order valence-corrected chi connectivity index (χ2v) is 3.86. The van der Waals surface area contributed by atoms with Crippen molar-refractivity contribution in [2.45, 2.75) is 6.92 Å². The van der Waals surface area contributed by atoms with Crippen molar-refractivity contribution < 1.29 is 13.9 Å². The van der Waals surface area contributed by atoms with E-state index in [0.717, 1.165) is 0 Å². The van der Waals surface area contributed by atoms with Crippen LogP contribution in [0.1, 0.15) is 6.92 Å². The first-order valence-corrected chi connectivity index (χ1v) is 5.60. The molecule has 0 heterocycles. The molecule has 0 spiro atoms. The molecular weight excluding hydrogens is 237 g/mol. The van der Waals surface area contributed by atoms with Gasteiger partial charge in [0.15, 0.2) is 11.6 Å². The van der Waals surface area contributed by atoms with E-state index in [2.05, 4.69) is 5.32 Å². The molecule has 0 radical (unpaired) electrons. The van der Waals surface area contributed by atoms with Crippen LogP contribution < -0.4 is 20.7 Å². The van der Waals surface area contributed by atoms with Crippen LogP contribution in [0.2, 0.25) is 0 Å². The number of hydrogen-bond donors (Lipinski definition) is 2. The minimum absolute atomic E-state index is 0.0990. The Hall–Kier alpha value is -1.98. The van der Waals surface area contributed by atoms with Crippen LogP contribution in [0.15, 0.2) is 12.1 Å². The highest BCUT2D eigenvalue weighted by Gasteiger charge is 2.13. The smallest absolute Gasteiger partial charge is 0.239 e. The number of methoxy groups -OCH3 is 1. The predicted octanol–water partition coefficient (Wildman–Crippen LogP) is 0.989. The molecule has 3 N–H and O–H groups in total. The van der Waals surface area contributed by atoms with Gasteiger partial charge in [0.2, 0.25) is 5.91 Å². The Balaban J connectivity index is 2.91. The lowest BCUT2D eigenvalue weighted by Gasteiger charge is -2.21. The number of carbonyl (C=O) groups excluding carboxylic acids is 1. The number of nitrogens with zero attached hydrogens (tertiary/aromatic N) is 1. The van der Waals surface area contributed by atoms with Gasteiger partial charge in [0.05, 0.1) is 25.0 Å². The molecule has 0 atom stereocenters. The molecular formula is C12H18FN3O2. The minimum Gasteiger partial charge on any atom is -0.494 e. The van der Waals surface area contributed by atoms with E-state index in [-0.39, 0.29) is 23.9 Å². The van der Waals surface area contributed by atoms with Crippen LogP contribution >= 0.6 is 0 Å². The molecule has 5 nitrogen and oxygen atoms in total. The van der Waals surface area contributed by atoms with E-state index in [1.165, 1.54) is 19.2 Å². The molecule has 0 aromatic heterocycles. The first kappa shape index (κ1) is 14.1. The van der Waals surface area contributed by atoms with Crippen molar-refractivity contribution in [2.75, 3.05) is 37.9 Å². The molecule has 100 valence electrons. The van der Waals surface area contributed by atoms with Gasteiger partial charge in [-0.3, -0.25) is 4.79 Å². The van der Waals surface area contributed by atoms with Crippen LogP contribution in [0.25, 0.3) is 0 Å². The maximum atomic E-state index is 13.4. The summed E-state index contributed by atoms with van der Waals surface area (Å²) in [6, 6.07) is 2.66. The van der Waals surface area contributed by atoms with E-state index in [9.17, 15) is 9.18 Å². The maximum absolute atomic E-state index is 13.4. The van der Waals surface area contributed by atoms with Crippen molar-refractivity contribution in [1.29, 1.82) is 0 Å². The number of carbonyl (C=O) groups is 1. The van der Waals surface area contributed by atoms with Crippen molar-refractivity contribution in [3.05, 3.63) is 17.9 Å². The first-order chi connectivity index (χ1) is 8.49. The van der Waals surface area contributed by atoms with E-state index < -0.39 is 5.82 Å². The van der Waals surface area contributed by atoms with Crippen LogP contribution in [-0.2, 0) is 4.79 Å². The summed E-state index contributed by atoms with van der Waals surface area (Å²) in [7, 11) is 3.08. The largest absolute Gasteiger partial charge is 0.494 e. The zero-order chi connectivity index (χ0) is 13.7. The number of benzene rings is 1. The highest BCUT2D eigenvalue weighted by Crippen LogP contribution is 2.30. The van der Waals surface area contributed by atoms with E-state index in [1.54, 1.807) is 11.9 Å². The van der Waals surface area contributed by atoms with Crippen LogP contribution in [0.4, 0.5) is 15.8 Å². The Morgan fingerprint density at radius 1 is 1.56 bits per heavy atom. The normalized spacial score (nSPS) is 10.0. The minimum atomic E-state index is -0.523. The Labute approximate surface area is 106 Å². The van der Waals surface area contributed by atoms with Gasteiger partial charge in [-0.1, -0.05) is 0 Å². The molecule has 0 saturated heterocycles. The van der Waals surface area contributed by atoms with E-state index in [4.69, 9.17) is 10.5 Å². The fourth-order valence-corrected chi connectivity index (χ4v) is 1.60. The number of halogens is 1. The monoisotopic (exact) mass is 255 g/mol. The molecule has 1 rings (SSSR count). The highest BCUT2D eigenvalue weighted by atomic mass is 19.1. The van der Waals surface area contributed by atoms with Gasteiger partial charge in [-0.25, -0.2) is 4.39 Å². The number of likely N-dealkylation sites (N-methyl/N-ethyl adjacent to an activating group) is 2. The van der Waals surface area contributed by atoms with Gasteiger partial charge < -0.3 is 20.7 Å². The van der Waals surface area contributed by atoms with Crippen LogP contribution in [-0.4, -0.2) is 33.2 Å². The molecule has 1 amide bonds. The van der Waals surface area contributed by atoms with Gasteiger partial charge >= 0.3 is 0 Å². The summed E-state index contributed by atoms with van der Waals surface area (Å²) >= 11 is 0. The number of ether oxygens (including phenoxy) is 1. The lowest BCUT2D eigenvalue weighted by Crippen LogP contribution is -2.35. The lowest BCUT2D eigenvalue weighted by atomic mass is 10.2. The zero-order valence-electron chi connectivity index (χ0n) is 10.8. The maximum Gasteiger partial charge on any atom is 0.239 e. The Morgan fingerprint density at radius 3 is 2.78 bits per heavy atom. The van der Waals surface area contributed by atoms with Gasteiger partial charge in [-0.2, -0.15) is 0 Å². The quantitative estimate of drug-likeness (QED) is 0.770. The third-order valence-electron chi connectivity index (χ3n) is 2.47. The number of nitrogens with two attached hydrogens (primary N) is 1. The van der Waals surface area contributed by atoms with Gasteiger partial charge in [-0.05, 0) is 6.92 Å². The lowest BCUT2D eigenvalue weighted by molar-refractivity contribution is -0.119. The second-order valence-electron chi connectivity index (χ2n) is 3.86. The van der Waals surface area contributed by atoms with Crippen LogP contribution in [0.5, 0.6) is 5.75 Å². The molecule has 18 heavy (non-hydrogen) atoms. The molecule has 0 aliphatic rings. The molecule has 1 aromatic carbocycles. The molecule has 6 heteroatoms. The summed E-state index contributed by atoms with van der Waals surface area (Å²) in [6.45, 7) is 2.55. The Morgan fingerprint density at radius 2 is 2.22 bits per heavy atom. The highest BCUT2D eigenvalue weighted by molar-refractivity contribution is 5.83.